The van der Waals surface area contributed by atoms with Crippen molar-refractivity contribution in [1.82, 2.24) is 29.4 Å². The number of aliphatic hydroxyl groups excluding tert-OH is 1. The quantitative estimate of drug-likeness (QED) is 0.764. The molecule has 0 aromatic carbocycles. The van der Waals surface area contributed by atoms with E-state index in [-0.39, 0.29) is 6.10 Å². The second kappa shape index (κ2) is 8.41. The molecule has 0 unspecified atom stereocenters. The van der Waals surface area contributed by atoms with Gasteiger partial charge in [-0.1, -0.05) is 6.92 Å². The third kappa shape index (κ3) is 4.66. The molecule has 1 aliphatic heterocycles. The summed E-state index contributed by atoms with van der Waals surface area (Å²) in [4.78, 5) is 4.94. The van der Waals surface area contributed by atoms with Crippen molar-refractivity contribution in [3.05, 3.63) is 36.9 Å². The Kier molecular flexibility index (Phi) is 6.01. The zero-order valence-electron chi connectivity index (χ0n) is 14.4. The van der Waals surface area contributed by atoms with Gasteiger partial charge >= 0.3 is 0 Å². The highest BCUT2D eigenvalue weighted by Crippen LogP contribution is 2.14. The molecule has 1 aliphatic rings. The molecule has 7 nitrogen and oxygen atoms in total. The second-order valence-corrected chi connectivity index (χ2v) is 6.51. The second-order valence-electron chi connectivity index (χ2n) is 6.51. The lowest BCUT2D eigenvalue weighted by Crippen LogP contribution is -2.55. The number of piperazine rings is 1. The molecular weight excluding hydrogens is 304 g/mol. The van der Waals surface area contributed by atoms with Crippen LogP contribution < -0.4 is 0 Å². The van der Waals surface area contributed by atoms with E-state index in [1.165, 1.54) is 0 Å². The number of rotatable bonds is 8. The average molecular weight is 332 g/mol. The molecule has 0 spiro atoms. The highest BCUT2D eigenvalue weighted by atomic mass is 16.3. The van der Waals surface area contributed by atoms with Crippen LogP contribution in [0.25, 0.3) is 0 Å². The van der Waals surface area contributed by atoms with Crippen LogP contribution in [0.3, 0.4) is 0 Å². The molecule has 132 valence electrons. The lowest BCUT2D eigenvalue weighted by Gasteiger charge is -2.42. The van der Waals surface area contributed by atoms with Crippen LogP contribution in [-0.2, 0) is 13.1 Å². The van der Waals surface area contributed by atoms with Gasteiger partial charge in [0, 0.05) is 63.6 Å². The van der Waals surface area contributed by atoms with Crippen molar-refractivity contribution >= 4 is 0 Å². The monoisotopic (exact) mass is 332 g/mol. The van der Waals surface area contributed by atoms with Gasteiger partial charge in [-0.25, -0.2) is 0 Å². The molecule has 1 saturated heterocycles. The molecule has 1 fully saturated rings. The van der Waals surface area contributed by atoms with Crippen LogP contribution in [0, 0.1) is 0 Å². The van der Waals surface area contributed by atoms with Crippen molar-refractivity contribution in [2.45, 2.75) is 38.6 Å². The van der Waals surface area contributed by atoms with Gasteiger partial charge in [0.25, 0.3) is 0 Å². The van der Waals surface area contributed by atoms with Crippen LogP contribution in [0.15, 0.2) is 36.9 Å². The fourth-order valence-corrected chi connectivity index (χ4v) is 3.42. The molecule has 2 atom stereocenters. The number of hydrogen-bond acceptors (Lipinski definition) is 5. The summed E-state index contributed by atoms with van der Waals surface area (Å²) in [6.45, 7) is 8.59. The van der Waals surface area contributed by atoms with Crippen LogP contribution in [-0.4, -0.2) is 79.3 Å². The van der Waals surface area contributed by atoms with Gasteiger partial charge in [0.2, 0.25) is 0 Å². The first-order chi connectivity index (χ1) is 11.7. The molecule has 3 heterocycles. The van der Waals surface area contributed by atoms with Gasteiger partial charge in [0.15, 0.2) is 0 Å². The third-order valence-corrected chi connectivity index (χ3v) is 4.77. The molecule has 3 rings (SSSR count). The van der Waals surface area contributed by atoms with E-state index in [1.54, 1.807) is 10.9 Å². The lowest BCUT2D eigenvalue weighted by molar-refractivity contribution is 0.0238. The molecule has 1 N–H and O–H groups in total. The summed E-state index contributed by atoms with van der Waals surface area (Å²) in [6, 6.07) is 4.36. The van der Waals surface area contributed by atoms with Crippen molar-refractivity contribution < 1.29 is 5.11 Å². The van der Waals surface area contributed by atoms with Crippen molar-refractivity contribution in [1.29, 1.82) is 0 Å². The molecular formula is C17H28N6O. The summed E-state index contributed by atoms with van der Waals surface area (Å²) >= 11 is 0. The van der Waals surface area contributed by atoms with E-state index < -0.39 is 0 Å². The average Bonchev–Trinajstić information content (AvgIpc) is 3.27. The Balaban J connectivity index is 1.45. The van der Waals surface area contributed by atoms with Gasteiger partial charge in [0.05, 0.1) is 19.2 Å². The Morgan fingerprint density at radius 2 is 1.79 bits per heavy atom. The predicted octanol–water partition coefficient (Wildman–Crippen LogP) is 0.537. The van der Waals surface area contributed by atoms with Crippen molar-refractivity contribution in [2.75, 3.05) is 32.7 Å². The number of aliphatic hydroxyl groups is 1. The Bertz CT molecular complexity index is 570. The van der Waals surface area contributed by atoms with E-state index >= 15 is 0 Å². The fraction of sp³-hybridized carbons (Fsp3) is 0.647. The van der Waals surface area contributed by atoms with Gasteiger partial charge in [-0.15, -0.1) is 0 Å². The van der Waals surface area contributed by atoms with E-state index in [1.807, 2.05) is 35.4 Å². The summed E-state index contributed by atoms with van der Waals surface area (Å²) in [7, 11) is 0. The predicted molar refractivity (Wildman–Crippen MR) is 92.6 cm³/mol. The van der Waals surface area contributed by atoms with Gasteiger partial charge in [0.1, 0.15) is 0 Å². The standard InChI is InChI=1S/C17H28N6O/c1-2-16-13-20(10-12-22-7-3-5-18-22)9-11-21(16)14-17(24)15-23-8-4-6-19-23/h3-8,16-17,24H,2,9-15H2,1H3/t16-,17-/m0/s1. The normalized spacial score (nSPS) is 21.2. The first-order valence-corrected chi connectivity index (χ1v) is 8.84. The Hall–Kier alpha value is -1.70. The minimum Gasteiger partial charge on any atom is -0.390 e. The van der Waals surface area contributed by atoms with Crippen molar-refractivity contribution in [3.63, 3.8) is 0 Å². The highest BCUT2D eigenvalue weighted by Gasteiger charge is 2.27. The van der Waals surface area contributed by atoms with Gasteiger partial charge in [-0.3, -0.25) is 19.2 Å². The Morgan fingerprint density at radius 3 is 2.46 bits per heavy atom. The fourth-order valence-electron chi connectivity index (χ4n) is 3.42. The molecule has 7 heteroatoms. The van der Waals surface area contributed by atoms with Crippen molar-refractivity contribution in [2.24, 2.45) is 0 Å². The van der Waals surface area contributed by atoms with E-state index in [4.69, 9.17) is 0 Å². The van der Waals surface area contributed by atoms with Crippen LogP contribution >= 0.6 is 0 Å². The maximum atomic E-state index is 10.4. The molecule has 2 aromatic heterocycles. The van der Waals surface area contributed by atoms with E-state index in [0.717, 1.165) is 39.1 Å². The molecule has 2 aromatic rings. The smallest absolute Gasteiger partial charge is 0.0862 e. The summed E-state index contributed by atoms with van der Waals surface area (Å²) in [5.41, 5.74) is 0. The SMILES string of the molecule is CC[C@H]1CN(CCn2cccn2)CCN1C[C@H](O)Cn1cccn1. The van der Waals surface area contributed by atoms with Crippen LogP contribution in [0.5, 0.6) is 0 Å². The number of nitrogens with zero attached hydrogens (tertiary/aromatic N) is 6. The largest absolute Gasteiger partial charge is 0.390 e. The first kappa shape index (κ1) is 17.1. The summed E-state index contributed by atoms with van der Waals surface area (Å²) in [6.07, 6.45) is 8.21. The van der Waals surface area contributed by atoms with Crippen LogP contribution in [0.2, 0.25) is 0 Å². The number of aromatic nitrogens is 4. The van der Waals surface area contributed by atoms with Gasteiger partial charge in [-0.2, -0.15) is 10.2 Å². The number of hydrogen-bond donors (Lipinski definition) is 1. The maximum absolute atomic E-state index is 10.4. The summed E-state index contributed by atoms with van der Waals surface area (Å²) in [5.74, 6) is 0. The summed E-state index contributed by atoms with van der Waals surface area (Å²) < 4.78 is 3.78. The zero-order chi connectivity index (χ0) is 16.8. The lowest BCUT2D eigenvalue weighted by atomic mass is 10.1. The molecule has 24 heavy (non-hydrogen) atoms. The molecule has 0 radical (unpaired) electrons. The van der Waals surface area contributed by atoms with Crippen LogP contribution in [0.1, 0.15) is 13.3 Å². The minimum atomic E-state index is -0.380. The third-order valence-electron chi connectivity index (χ3n) is 4.77. The van der Waals surface area contributed by atoms with E-state index in [0.29, 0.717) is 19.1 Å². The van der Waals surface area contributed by atoms with Gasteiger partial charge in [-0.05, 0) is 18.6 Å². The Labute approximate surface area is 143 Å². The van der Waals surface area contributed by atoms with Gasteiger partial charge < -0.3 is 5.11 Å². The van der Waals surface area contributed by atoms with E-state index in [9.17, 15) is 5.11 Å². The molecule has 0 bridgehead atoms. The molecule has 0 saturated carbocycles. The highest BCUT2D eigenvalue weighted by molar-refractivity contribution is 4.84. The zero-order valence-corrected chi connectivity index (χ0v) is 14.4. The van der Waals surface area contributed by atoms with Crippen molar-refractivity contribution in [3.8, 4) is 0 Å². The first-order valence-electron chi connectivity index (χ1n) is 8.84. The molecule has 0 amide bonds. The summed E-state index contributed by atoms with van der Waals surface area (Å²) in [5, 5.41) is 18.8. The van der Waals surface area contributed by atoms with E-state index in [2.05, 4.69) is 26.9 Å². The van der Waals surface area contributed by atoms with Crippen LogP contribution in [0.4, 0.5) is 0 Å². The topological polar surface area (TPSA) is 62.4 Å². The minimum absolute atomic E-state index is 0.380. The maximum Gasteiger partial charge on any atom is 0.0862 e. The number of β-amino-alcohol motifs (C(OH)–C–C–N with tert-alkyl or cyclic N) is 1. The Morgan fingerprint density at radius 1 is 1.04 bits per heavy atom. The molecule has 0 aliphatic carbocycles.